The third-order valence-corrected chi connectivity index (χ3v) is 4.20. The lowest BCUT2D eigenvalue weighted by molar-refractivity contribution is 0.111. The zero-order valence-corrected chi connectivity index (χ0v) is 9.21. The maximum absolute atomic E-state index is 11.6. The number of aryl methyl sites for hydroxylation is 1. The first kappa shape index (κ1) is 11.0. The smallest absolute Gasteiger partial charge is 0.254 e. The van der Waals surface area contributed by atoms with Gasteiger partial charge in [-0.1, -0.05) is 0 Å². The number of carbonyl (C=O) groups is 1. The van der Waals surface area contributed by atoms with Crippen molar-refractivity contribution in [1.82, 2.24) is 9.97 Å². The fraction of sp³-hybridized carbons (Fsp3) is 0.444. The van der Waals surface area contributed by atoms with E-state index < -0.39 is 15.4 Å². The molecule has 1 aliphatic rings. The Bertz CT molecular complexity index is 588. The first-order chi connectivity index (χ1) is 7.52. The Morgan fingerprint density at radius 1 is 1.25 bits per heavy atom. The van der Waals surface area contributed by atoms with Crippen molar-refractivity contribution in [3.8, 4) is 0 Å². The van der Waals surface area contributed by atoms with Crippen LogP contribution in [0.15, 0.2) is 4.79 Å². The van der Waals surface area contributed by atoms with Crippen LogP contribution in [0.1, 0.15) is 21.9 Å². The number of aromatic nitrogens is 2. The zero-order valence-electron chi connectivity index (χ0n) is 8.39. The van der Waals surface area contributed by atoms with Gasteiger partial charge in [0.25, 0.3) is 5.56 Å². The second kappa shape index (κ2) is 3.82. The van der Waals surface area contributed by atoms with Gasteiger partial charge in [0.05, 0.1) is 17.2 Å². The first-order valence-corrected chi connectivity index (χ1v) is 6.61. The van der Waals surface area contributed by atoms with E-state index >= 15 is 0 Å². The van der Waals surface area contributed by atoms with Gasteiger partial charge >= 0.3 is 0 Å². The highest BCUT2D eigenvalue weighted by Gasteiger charge is 2.21. The Hall–Kier alpha value is -1.50. The molecular formula is C9H10N2O4S. The number of nitrogens with one attached hydrogen (secondary N) is 1. The van der Waals surface area contributed by atoms with Gasteiger partial charge in [0.15, 0.2) is 21.9 Å². The van der Waals surface area contributed by atoms with Gasteiger partial charge in [-0.15, -0.1) is 0 Å². The van der Waals surface area contributed by atoms with Gasteiger partial charge in [-0.05, 0) is 6.42 Å². The van der Waals surface area contributed by atoms with Crippen molar-refractivity contribution in [1.29, 1.82) is 0 Å². The molecule has 6 nitrogen and oxygen atoms in total. The van der Waals surface area contributed by atoms with Crippen LogP contribution < -0.4 is 5.56 Å². The van der Waals surface area contributed by atoms with E-state index in [4.69, 9.17) is 0 Å². The van der Waals surface area contributed by atoms with Crippen LogP contribution in [0.3, 0.4) is 0 Å². The molecule has 1 N–H and O–H groups in total. The van der Waals surface area contributed by atoms with Crippen molar-refractivity contribution in [2.75, 3.05) is 11.5 Å². The molecule has 0 spiro atoms. The van der Waals surface area contributed by atoms with Crippen molar-refractivity contribution in [3.63, 3.8) is 0 Å². The molecular weight excluding hydrogens is 232 g/mol. The van der Waals surface area contributed by atoms with E-state index in [-0.39, 0.29) is 30.2 Å². The van der Waals surface area contributed by atoms with Crippen LogP contribution in [0.5, 0.6) is 0 Å². The van der Waals surface area contributed by atoms with E-state index in [0.717, 1.165) is 0 Å². The largest absolute Gasteiger partial charge is 0.304 e. The van der Waals surface area contributed by atoms with E-state index in [2.05, 4.69) is 9.97 Å². The summed E-state index contributed by atoms with van der Waals surface area (Å²) in [5.41, 5.74) is 0.391. The molecule has 0 amide bonds. The minimum Gasteiger partial charge on any atom is -0.304 e. The van der Waals surface area contributed by atoms with Crippen LogP contribution >= 0.6 is 0 Å². The highest BCUT2D eigenvalue weighted by atomic mass is 32.2. The molecule has 0 fully saturated rings. The van der Waals surface area contributed by atoms with Gasteiger partial charge in [0.2, 0.25) is 0 Å². The van der Waals surface area contributed by atoms with Crippen LogP contribution in [0.2, 0.25) is 0 Å². The number of fused-ring (bicyclic) bond motifs is 1. The predicted octanol–water partition coefficient (Wildman–Crippen LogP) is -0.904. The Morgan fingerprint density at radius 2 is 1.94 bits per heavy atom. The molecule has 0 unspecified atom stereocenters. The van der Waals surface area contributed by atoms with Crippen molar-refractivity contribution in [3.05, 3.63) is 27.4 Å². The Morgan fingerprint density at radius 3 is 2.62 bits per heavy atom. The molecule has 1 aromatic heterocycles. The van der Waals surface area contributed by atoms with Gasteiger partial charge in [-0.3, -0.25) is 9.59 Å². The van der Waals surface area contributed by atoms with Gasteiger partial charge in [-0.2, -0.15) is 0 Å². The highest BCUT2D eigenvalue weighted by Crippen LogP contribution is 2.11. The van der Waals surface area contributed by atoms with Crippen molar-refractivity contribution >= 4 is 16.1 Å². The fourth-order valence-electron chi connectivity index (χ4n) is 1.70. The molecule has 16 heavy (non-hydrogen) atoms. The molecule has 0 saturated heterocycles. The van der Waals surface area contributed by atoms with Crippen LogP contribution in [-0.4, -0.2) is 36.2 Å². The maximum atomic E-state index is 11.6. The lowest BCUT2D eigenvalue weighted by atomic mass is 10.1. The van der Waals surface area contributed by atoms with E-state index in [1.165, 1.54) is 0 Å². The van der Waals surface area contributed by atoms with Crippen LogP contribution in [-0.2, 0) is 22.7 Å². The Kier molecular flexibility index (Phi) is 2.63. The molecule has 0 radical (unpaired) electrons. The van der Waals surface area contributed by atoms with Crippen LogP contribution in [0, 0.1) is 0 Å². The van der Waals surface area contributed by atoms with Gasteiger partial charge in [0.1, 0.15) is 0 Å². The summed E-state index contributed by atoms with van der Waals surface area (Å²) in [5, 5.41) is 0. The molecule has 1 aliphatic heterocycles. The van der Waals surface area contributed by atoms with E-state index in [9.17, 15) is 18.0 Å². The number of H-pyrrole nitrogens is 1. The summed E-state index contributed by atoms with van der Waals surface area (Å²) in [7, 11) is -3.10. The zero-order chi connectivity index (χ0) is 11.8. The lowest BCUT2D eigenvalue weighted by Gasteiger charge is -2.02. The van der Waals surface area contributed by atoms with Crippen LogP contribution in [0.4, 0.5) is 0 Å². The molecule has 86 valence electrons. The normalized spacial score (nSPS) is 18.5. The van der Waals surface area contributed by atoms with E-state index in [1.807, 2.05) is 0 Å². The minimum atomic E-state index is -3.10. The summed E-state index contributed by atoms with van der Waals surface area (Å²) in [6, 6.07) is 0. The first-order valence-electron chi connectivity index (χ1n) is 4.79. The summed E-state index contributed by atoms with van der Waals surface area (Å²) >= 11 is 0. The second-order valence-electron chi connectivity index (χ2n) is 3.65. The maximum Gasteiger partial charge on any atom is 0.254 e. The molecule has 0 atom stereocenters. The molecule has 2 heterocycles. The summed E-state index contributed by atoms with van der Waals surface area (Å²) in [6.45, 7) is 0. The third-order valence-electron chi connectivity index (χ3n) is 2.54. The SMILES string of the molecule is O=Cc1nc2c(c(=O)[nH]1)CCS(=O)(=O)CC2. The van der Waals surface area contributed by atoms with E-state index in [1.54, 1.807) is 0 Å². The van der Waals surface area contributed by atoms with Crippen molar-refractivity contribution < 1.29 is 13.2 Å². The van der Waals surface area contributed by atoms with Gasteiger partial charge in [0, 0.05) is 12.0 Å². The van der Waals surface area contributed by atoms with E-state index in [0.29, 0.717) is 17.5 Å². The number of carbonyl (C=O) groups excluding carboxylic acids is 1. The van der Waals surface area contributed by atoms with Crippen LogP contribution in [0.25, 0.3) is 0 Å². The average Bonchev–Trinajstić information content (AvgIpc) is 2.38. The molecule has 1 aromatic rings. The molecule has 2 rings (SSSR count). The molecule has 7 heteroatoms. The second-order valence-corrected chi connectivity index (χ2v) is 5.95. The number of nitrogens with zero attached hydrogens (tertiary/aromatic N) is 1. The number of sulfone groups is 1. The predicted molar refractivity (Wildman–Crippen MR) is 56.3 cm³/mol. The summed E-state index contributed by atoms with van der Waals surface area (Å²) < 4.78 is 22.8. The highest BCUT2D eigenvalue weighted by molar-refractivity contribution is 7.91. The minimum absolute atomic E-state index is 0.0191. The molecule has 0 saturated carbocycles. The Balaban J connectivity index is 2.54. The fourth-order valence-corrected chi connectivity index (χ4v) is 2.92. The quantitative estimate of drug-likeness (QED) is 0.643. The average molecular weight is 242 g/mol. The number of hydrogen-bond donors (Lipinski definition) is 1. The van der Waals surface area contributed by atoms with Crippen molar-refractivity contribution in [2.24, 2.45) is 0 Å². The summed E-state index contributed by atoms with van der Waals surface area (Å²) in [5.74, 6) is -0.108. The van der Waals surface area contributed by atoms with Gasteiger partial charge < -0.3 is 4.98 Å². The van der Waals surface area contributed by atoms with Crippen molar-refractivity contribution in [2.45, 2.75) is 12.8 Å². The van der Waals surface area contributed by atoms with Gasteiger partial charge in [-0.25, -0.2) is 13.4 Å². The molecule has 0 bridgehead atoms. The number of aromatic amines is 1. The molecule has 0 aromatic carbocycles. The number of aldehydes is 1. The number of rotatable bonds is 1. The summed E-state index contributed by atoms with van der Waals surface area (Å²) in [4.78, 5) is 28.3. The molecule has 0 aliphatic carbocycles. The Labute approximate surface area is 91.6 Å². The number of hydrogen-bond acceptors (Lipinski definition) is 5. The standard InChI is InChI=1S/C9H10N2O4S/c12-5-8-10-7-2-4-16(14,15)3-1-6(7)9(13)11-8/h5H,1-4H2,(H,10,11,13). The summed E-state index contributed by atoms with van der Waals surface area (Å²) in [6.07, 6.45) is 0.808. The lowest BCUT2D eigenvalue weighted by Crippen LogP contribution is -2.20. The topological polar surface area (TPSA) is 97.0 Å². The monoisotopic (exact) mass is 242 g/mol. The third kappa shape index (κ3) is 2.04.